The van der Waals surface area contributed by atoms with Gasteiger partial charge in [0.25, 0.3) is 0 Å². The minimum absolute atomic E-state index is 0.0130. The van der Waals surface area contributed by atoms with Gasteiger partial charge >= 0.3 is 0 Å². The van der Waals surface area contributed by atoms with Crippen molar-refractivity contribution in [3.05, 3.63) is 0 Å². The largest absolute Gasteiger partial charge is 0.338 e. The number of likely N-dealkylation sites (N-methyl/N-ethyl adjacent to an activating group) is 1. The summed E-state index contributed by atoms with van der Waals surface area (Å²) >= 11 is 0. The molecule has 20 heavy (non-hydrogen) atoms. The van der Waals surface area contributed by atoms with Crippen molar-refractivity contribution in [1.29, 1.82) is 0 Å². The van der Waals surface area contributed by atoms with Crippen molar-refractivity contribution < 1.29 is 9.59 Å². The molecule has 0 spiro atoms. The summed E-state index contributed by atoms with van der Waals surface area (Å²) in [6.45, 7) is 6.83. The molecule has 6 heteroatoms. The van der Waals surface area contributed by atoms with Gasteiger partial charge in [-0.3, -0.25) is 9.59 Å². The van der Waals surface area contributed by atoms with Crippen LogP contribution < -0.4 is 5.73 Å². The van der Waals surface area contributed by atoms with Crippen LogP contribution in [0.1, 0.15) is 20.3 Å². The SMILES string of the molecule is CCC(C)C(N)C(=O)N1CCN(C(=O)CN(C)C)CC1. The predicted octanol–water partition coefficient (Wildman–Crippen LogP) is -0.408. The van der Waals surface area contributed by atoms with Crippen LogP contribution in [0, 0.1) is 5.92 Å². The van der Waals surface area contributed by atoms with E-state index in [2.05, 4.69) is 0 Å². The van der Waals surface area contributed by atoms with E-state index in [1.54, 1.807) is 4.90 Å². The van der Waals surface area contributed by atoms with Crippen LogP contribution in [0.15, 0.2) is 0 Å². The number of hydrogen-bond acceptors (Lipinski definition) is 4. The molecule has 0 aromatic heterocycles. The van der Waals surface area contributed by atoms with Gasteiger partial charge in [0.1, 0.15) is 0 Å². The lowest BCUT2D eigenvalue weighted by Gasteiger charge is -2.37. The number of carbonyl (C=O) groups is 2. The second-order valence-electron chi connectivity index (χ2n) is 5.86. The zero-order chi connectivity index (χ0) is 15.3. The molecule has 6 nitrogen and oxygen atoms in total. The Morgan fingerprint density at radius 3 is 2.10 bits per heavy atom. The third-order valence-electron chi connectivity index (χ3n) is 3.94. The molecular formula is C14H28N4O2. The minimum atomic E-state index is -0.427. The first-order valence-electron chi connectivity index (χ1n) is 7.33. The Labute approximate surface area is 121 Å². The molecule has 2 unspecified atom stereocenters. The van der Waals surface area contributed by atoms with Gasteiger partial charge in [-0.05, 0) is 20.0 Å². The highest BCUT2D eigenvalue weighted by Gasteiger charge is 2.29. The summed E-state index contributed by atoms with van der Waals surface area (Å²) in [6, 6.07) is -0.427. The van der Waals surface area contributed by atoms with E-state index in [1.165, 1.54) is 0 Å². The molecule has 2 amide bonds. The molecule has 1 fully saturated rings. The molecular weight excluding hydrogens is 256 g/mol. The number of piperazine rings is 1. The van der Waals surface area contributed by atoms with Crippen LogP contribution in [0.25, 0.3) is 0 Å². The van der Waals surface area contributed by atoms with Gasteiger partial charge in [0.05, 0.1) is 12.6 Å². The molecule has 0 aromatic carbocycles. The van der Waals surface area contributed by atoms with E-state index in [9.17, 15) is 9.59 Å². The topological polar surface area (TPSA) is 69.9 Å². The lowest BCUT2D eigenvalue weighted by atomic mass is 9.98. The van der Waals surface area contributed by atoms with Gasteiger partial charge in [-0.1, -0.05) is 20.3 Å². The quantitative estimate of drug-likeness (QED) is 0.745. The second-order valence-corrected chi connectivity index (χ2v) is 5.86. The number of amides is 2. The molecule has 0 aliphatic carbocycles. The molecule has 0 radical (unpaired) electrons. The minimum Gasteiger partial charge on any atom is -0.338 e. The van der Waals surface area contributed by atoms with Crippen molar-refractivity contribution in [2.75, 3.05) is 46.8 Å². The highest BCUT2D eigenvalue weighted by molar-refractivity contribution is 5.83. The number of hydrogen-bond donors (Lipinski definition) is 1. The summed E-state index contributed by atoms with van der Waals surface area (Å²) in [5.74, 6) is 0.322. The van der Waals surface area contributed by atoms with Crippen LogP contribution in [0.2, 0.25) is 0 Å². The van der Waals surface area contributed by atoms with Gasteiger partial charge in [0.15, 0.2) is 0 Å². The first kappa shape index (κ1) is 16.9. The van der Waals surface area contributed by atoms with Crippen molar-refractivity contribution in [2.24, 2.45) is 11.7 Å². The molecule has 1 saturated heterocycles. The third kappa shape index (κ3) is 4.45. The fourth-order valence-corrected chi connectivity index (χ4v) is 2.25. The normalized spacial score (nSPS) is 19.1. The Kier molecular flexibility index (Phi) is 6.42. The van der Waals surface area contributed by atoms with E-state index in [4.69, 9.17) is 5.73 Å². The molecule has 1 aliphatic rings. The maximum Gasteiger partial charge on any atom is 0.239 e. The standard InChI is InChI=1S/C14H28N4O2/c1-5-11(2)13(15)14(20)18-8-6-17(7-9-18)12(19)10-16(3)4/h11,13H,5-10,15H2,1-4H3. The van der Waals surface area contributed by atoms with E-state index >= 15 is 0 Å². The van der Waals surface area contributed by atoms with Crippen LogP contribution in [-0.4, -0.2) is 79.4 Å². The molecule has 2 N–H and O–H groups in total. The van der Waals surface area contributed by atoms with Crippen molar-refractivity contribution in [3.63, 3.8) is 0 Å². The lowest BCUT2D eigenvalue weighted by molar-refractivity contribution is -0.141. The highest BCUT2D eigenvalue weighted by Crippen LogP contribution is 2.11. The number of nitrogens with two attached hydrogens (primary N) is 1. The fourth-order valence-electron chi connectivity index (χ4n) is 2.25. The Hall–Kier alpha value is -1.14. The number of carbonyl (C=O) groups excluding carboxylic acids is 2. The molecule has 1 aliphatic heterocycles. The van der Waals surface area contributed by atoms with Crippen molar-refractivity contribution in [3.8, 4) is 0 Å². The summed E-state index contributed by atoms with van der Waals surface area (Å²) in [5.41, 5.74) is 5.98. The second kappa shape index (κ2) is 7.59. The molecule has 0 aromatic rings. The molecule has 116 valence electrons. The van der Waals surface area contributed by atoms with Crippen molar-refractivity contribution in [1.82, 2.24) is 14.7 Å². The van der Waals surface area contributed by atoms with E-state index in [0.717, 1.165) is 6.42 Å². The van der Waals surface area contributed by atoms with Crippen LogP contribution in [0.3, 0.4) is 0 Å². The van der Waals surface area contributed by atoms with E-state index in [0.29, 0.717) is 32.7 Å². The molecule has 2 atom stereocenters. The maximum atomic E-state index is 12.2. The molecule has 1 rings (SSSR count). The summed E-state index contributed by atoms with van der Waals surface area (Å²) in [4.78, 5) is 29.6. The average Bonchev–Trinajstić information content (AvgIpc) is 2.44. The van der Waals surface area contributed by atoms with Crippen LogP contribution in [-0.2, 0) is 9.59 Å². The van der Waals surface area contributed by atoms with E-state index in [-0.39, 0.29) is 17.7 Å². The molecule has 0 saturated carbocycles. The lowest BCUT2D eigenvalue weighted by Crippen LogP contribution is -2.56. The van der Waals surface area contributed by atoms with Gasteiger partial charge in [0.2, 0.25) is 11.8 Å². The Balaban J connectivity index is 2.46. The smallest absolute Gasteiger partial charge is 0.239 e. The van der Waals surface area contributed by atoms with Gasteiger partial charge < -0.3 is 20.4 Å². The van der Waals surface area contributed by atoms with Gasteiger partial charge in [-0.25, -0.2) is 0 Å². The van der Waals surface area contributed by atoms with Gasteiger partial charge in [-0.2, -0.15) is 0 Å². The zero-order valence-electron chi connectivity index (χ0n) is 13.1. The monoisotopic (exact) mass is 284 g/mol. The van der Waals surface area contributed by atoms with Crippen LogP contribution in [0.5, 0.6) is 0 Å². The van der Waals surface area contributed by atoms with E-state index in [1.807, 2.05) is 37.7 Å². The fraction of sp³-hybridized carbons (Fsp3) is 0.857. The van der Waals surface area contributed by atoms with Gasteiger partial charge in [0, 0.05) is 26.2 Å². The van der Waals surface area contributed by atoms with Crippen LogP contribution >= 0.6 is 0 Å². The first-order valence-corrected chi connectivity index (χ1v) is 7.33. The Morgan fingerprint density at radius 1 is 1.15 bits per heavy atom. The zero-order valence-corrected chi connectivity index (χ0v) is 13.1. The highest BCUT2D eigenvalue weighted by atomic mass is 16.2. The summed E-state index contributed by atoms with van der Waals surface area (Å²) in [6.07, 6.45) is 0.897. The summed E-state index contributed by atoms with van der Waals surface area (Å²) in [7, 11) is 3.76. The Bertz CT molecular complexity index is 338. The van der Waals surface area contributed by atoms with Gasteiger partial charge in [-0.15, -0.1) is 0 Å². The molecule has 1 heterocycles. The summed E-state index contributed by atoms with van der Waals surface area (Å²) < 4.78 is 0. The van der Waals surface area contributed by atoms with E-state index < -0.39 is 6.04 Å². The number of rotatable bonds is 5. The average molecular weight is 284 g/mol. The molecule has 0 bridgehead atoms. The van der Waals surface area contributed by atoms with Crippen LogP contribution in [0.4, 0.5) is 0 Å². The predicted molar refractivity (Wildman–Crippen MR) is 79.1 cm³/mol. The van der Waals surface area contributed by atoms with Crippen molar-refractivity contribution in [2.45, 2.75) is 26.3 Å². The third-order valence-corrected chi connectivity index (χ3v) is 3.94. The number of nitrogens with zero attached hydrogens (tertiary/aromatic N) is 3. The maximum absolute atomic E-state index is 12.2. The van der Waals surface area contributed by atoms with Crippen molar-refractivity contribution >= 4 is 11.8 Å². The first-order chi connectivity index (χ1) is 9.36. The Morgan fingerprint density at radius 2 is 1.65 bits per heavy atom. The summed E-state index contributed by atoms with van der Waals surface area (Å²) in [5, 5.41) is 0.